The Morgan fingerprint density at radius 2 is 2.19 bits per heavy atom. The molecule has 0 bridgehead atoms. The van der Waals surface area contributed by atoms with Gasteiger partial charge in [0.25, 0.3) is 5.91 Å². The number of aliphatic hydroxyl groups excluding tert-OH is 1. The molecule has 10 nitrogen and oxygen atoms in total. The van der Waals surface area contributed by atoms with Crippen molar-refractivity contribution in [3.05, 3.63) is 41.2 Å². The van der Waals surface area contributed by atoms with E-state index in [9.17, 15) is 22.7 Å². The van der Waals surface area contributed by atoms with E-state index in [1.54, 1.807) is 0 Å². The molecule has 3 N–H and O–H groups in total. The summed E-state index contributed by atoms with van der Waals surface area (Å²) in [5.74, 6) is -0.698. The first-order valence-corrected chi connectivity index (χ1v) is 11.6. The van der Waals surface area contributed by atoms with Gasteiger partial charge in [-0.05, 0) is 19.1 Å². The number of sulfonamides is 1. The molecule has 0 aliphatic carbocycles. The van der Waals surface area contributed by atoms with Crippen molar-refractivity contribution < 1.29 is 32.3 Å². The van der Waals surface area contributed by atoms with E-state index >= 15 is 0 Å². The molecule has 0 unspecified atom stereocenters. The Hall–Kier alpha value is -2.45. The summed E-state index contributed by atoms with van der Waals surface area (Å²) in [6.07, 6.45) is 0.430. The third-order valence-electron chi connectivity index (χ3n) is 4.10. The number of oxime groups is 1. The summed E-state index contributed by atoms with van der Waals surface area (Å²) in [7, 11) is -3.84. The largest absolute Gasteiger partial charge is 0.392 e. The summed E-state index contributed by atoms with van der Waals surface area (Å²) in [5, 5.41) is 15.1. The van der Waals surface area contributed by atoms with Gasteiger partial charge in [-0.25, -0.2) is 18.1 Å². The number of ether oxygens (including phenoxy) is 1. The molecule has 0 radical (unpaired) electrons. The van der Waals surface area contributed by atoms with Crippen molar-refractivity contribution in [2.24, 2.45) is 5.16 Å². The third kappa shape index (κ3) is 6.51. The molecule has 13 heteroatoms. The predicted molar refractivity (Wildman–Crippen MR) is 111 cm³/mol. The van der Waals surface area contributed by atoms with Gasteiger partial charge in [-0.15, -0.1) is 0 Å². The minimum absolute atomic E-state index is 0.0425. The smallest absolute Gasteiger partial charge is 0.280 e. The number of aromatic nitrogens is 1. The Kier molecular flexibility index (Phi) is 7.67. The lowest BCUT2D eigenvalue weighted by Crippen LogP contribution is -2.30. The molecule has 1 aliphatic heterocycles. The molecule has 1 aliphatic rings. The number of hydrogen-bond donors (Lipinski definition) is 3. The summed E-state index contributed by atoms with van der Waals surface area (Å²) >= 11 is 0.652. The summed E-state index contributed by atoms with van der Waals surface area (Å²) in [5.41, 5.74) is 0.145. The van der Waals surface area contributed by atoms with Crippen molar-refractivity contribution in [3.8, 4) is 0 Å². The fourth-order valence-electron chi connectivity index (χ4n) is 2.52. The molecule has 0 saturated carbocycles. The van der Waals surface area contributed by atoms with Gasteiger partial charge in [-0.3, -0.25) is 10.1 Å². The van der Waals surface area contributed by atoms with Crippen molar-refractivity contribution >= 4 is 38.1 Å². The number of anilines is 1. The van der Waals surface area contributed by atoms with Crippen LogP contribution in [-0.2, 0) is 24.4 Å². The molecule has 31 heavy (non-hydrogen) atoms. The van der Waals surface area contributed by atoms with Crippen LogP contribution in [0.1, 0.15) is 18.9 Å². The van der Waals surface area contributed by atoms with Gasteiger partial charge in [0.2, 0.25) is 10.0 Å². The normalized spacial score (nSPS) is 18.0. The Bertz CT molecular complexity index is 1030. The Balaban J connectivity index is 1.82. The maximum absolute atomic E-state index is 13.2. The van der Waals surface area contributed by atoms with Crippen LogP contribution < -0.4 is 10.0 Å². The van der Waals surface area contributed by atoms with Crippen LogP contribution in [0.4, 0.5) is 9.52 Å². The monoisotopic (exact) mass is 472 g/mol. The van der Waals surface area contributed by atoms with Crippen LogP contribution in [0.15, 0.2) is 40.5 Å². The number of rotatable bonds is 9. The predicted octanol–water partition coefficient (Wildman–Crippen LogP) is 1.09. The molecule has 1 aromatic carbocycles. The molecule has 1 amide bonds. The molecule has 2 aromatic rings. The van der Waals surface area contributed by atoms with Crippen molar-refractivity contribution in [2.75, 3.05) is 25.1 Å². The number of hydrogen-bond acceptors (Lipinski definition) is 9. The maximum atomic E-state index is 13.2. The highest BCUT2D eigenvalue weighted by atomic mass is 32.2. The number of halogens is 1. The van der Waals surface area contributed by atoms with Crippen LogP contribution in [0.5, 0.6) is 0 Å². The zero-order chi connectivity index (χ0) is 22.4. The van der Waals surface area contributed by atoms with Crippen molar-refractivity contribution in [2.45, 2.75) is 30.4 Å². The zero-order valence-corrected chi connectivity index (χ0v) is 18.1. The fraction of sp³-hybridized carbons (Fsp3) is 0.389. The average Bonchev–Trinajstić information content (AvgIpc) is 3.39. The molecular weight excluding hydrogens is 451 g/mol. The first-order valence-electron chi connectivity index (χ1n) is 9.27. The fourth-order valence-corrected chi connectivity index (χ4v) is 4.18. The van der Waals surface area contributed by atoms with E-state index in [0.717, 1.165) is 6.20 Å². The third-order valence-corrected chi connectivity index (χ3v) is 6.24. The van der Waals surface area contributed by atoms with Crippen molar-refractivity contribution in [1.82, 2.24) is 9.71 Å². The molecular formula is C18H21FN4O6S2. The van der Waals surface area contributed by atoms with Gasteiger partial charge in [0.1, 0.15) is 0 Å². The van der Waals surface area contributed by atoms with E-state index in [1.807, 2.05) is 0 Å². The highest BCUT2D eigenvalue weighted by Gasteiger charge is 2.22. The second kappa shape index (κ2) is 10.2. The van der Waals surface area contributed by atoms with Crippen LogP contribution in [0.25, 0.3) is 0 Å². The zero-order valence-electron chi connectivity index (χ0n) is 16.4. The van der Waals surface area contributed by atoms with Gasteiger partial charge in [-0.1, -0.05) is 28.6 Å². The number of nitrogens with one attached hydrogen (secondary N) is 2. The van der Waals surface area contributed by atoms with Crippen LogP contribution >= 0.6 is 11.3 Å². The maximum Gasteiger partial charge on any atom is 0.280 e. The molecule has 1 aromatic heterocycles. The van der Waals surface area contributed by atoms with Crippen molar-refractivity contribution in [3.63, 3.8) is 0 Å². The lowest BCUT2D eigenvalue weighted by Gasteiger charge is -2.11. The van der Waals surface area contributed by atoms with Gasteiger partial charge in [0, 0.05) is 18.5 Å². The highest BCUT2D eigenvalue weighted by molar-refractivity contribution is 7.89. The number of amides is 1. The van der Waals surface area contributed by atoms with E-state index in [1.165, 1.54) is 31.2 Å². The highest BCUT2D eigenvalue weighted by Crippen LogP contribution is 2.18. The lowest BCUT2D eigenvalue weighted by atomic mass is 10.1. The van der Waals surface area contributed by atoms with Gasteiger partial charge in [0.05, 0.1) is 30.4 Å². The minimum atomic E-state index is -3.84. The molecule has 1 fully saturated rings. The second-order valence-corrected chi connectivity index (χ2v) is 9.43. The molecule has 2 atom stereocenters. The topological polar surface area (TPSA) is 139 Å². The number of benzene rings is 1. The Morgan fingerprint density at radius 1 is 1.45 bits per heavy atom. The second-order valence-electron chi connectivity index (χ2n) is 6.68. The first-order chi connectivity index (χ1) is 14.7. The quantitative estimate of drug-likeness (QED) is 0.367. The van der Waals surface area contributed by atoms with E-state index < -0.39 is 27.2 Å². The molecule has 3 rings (SSSR count). The number of carbonyl (C=O) groups excluding carboxylic acids is 1. The van der Waals surface area contributed by atoms with Crippen LogP contribution in [0.2, 0.25) is 0 Å². The Labute approximate surface area is 182 Å². The first kappa shape index (κ1) is 23.2. The summed E-state index contributed by atoms with van der Waals surface area (Å²) in [4.78, 5) is 21.8. The average molecular weight is 473 g/mol. The lowest BCUT2D eigenvalue weighted by molar-refractivity contribution is -0.110. The van der Waals surface area contributed by atoms with E-state index in [2.05, 4.69) is 20.2 Å². The minimum Gasteiger partial charge on any atom is -0.392 e. The number of aliphatic hydroxyl groups is 1. The van der Waals surface area contributed by atoms with Gasteiger partial charge < -0.3 is 14.7 Å². The molecule has 2 heterocycles. The van der Waals surface area contributed by atoms with E-state index in [0.29, 0.717) is 31.0 Å². The molecule has 168 valence electrons. The molecule has 0 spiro atoms. The SMILES string of the molecule is C[C@@H](O)CNS(=O)(=O)c1ccc(C(=NO[C@@H]2CCOC2)C(=O)Nc2ncc(F)s2)cc1. The van der Waals surface area contributed by atoms with Gasteiger partial charge in [0.15, 0.2) is 22.1 Å². The van der Waals surface area contributed by atoms with Crippen LogP contribution in [0, 0.1) is 5.13 Å². The number of thiazole rings is 1. The summed E-state index contributed by atoms with van der Waals surface area (Å²) < 4.78 is 45.2. The summed E-state index contributed by atoms with van der Waals surface area (Å²) in [6.45, 7) is 2.17. The summed E-state index contributed by atoms with van der Waals surface area (Å²) in [6, 6.07) is 5.38. The van der Waals surface area contributed by atoms with Crippen LogP contribution in [0.3, 0.4) is 0 Å². The standard InChI is InChI=1S/C18H21FN4O6S2/c1-11(24)8-21-31(26,27)14-4-2-12(3-5-14)16(23-29-13-6-7-28-10-13)17(25)22-18-20-9-15(19)30-18/h2-5,9,11,13,21,24H,6-8,10H2,1H3,(H,20,22,25)/t11-,13-/m1/s1. The van der Waals surface area contributed by atoms with Gasteiger partial charge in [-0.2, -0.15) is 4.39 Å². The van der Waals surface area contributed by atoms with Crippen LogP contribution in [-0.4, -0.2) is 62.1 Å². The molecule has 1 saturated heterocycles. The van der Waals surface area contributed by atoms with Crippen molar-refractivity contribution in [1.29, 1.82) is 0 Å². The van der Waals surface area contributed by atoms with Gasteiger partial charge >= 0.3 is 0 Å². The number of nitrogens with zero attached hydrogens (tertiary/aromatic N) is 2. The van der Waals surface area contributed by atoms with E-state index in [-0.39, 0.29) is 34.0 Å². The number of carbonyl (C=O) groups is 1. The van der Waals surface area contributed by atoms with E-state index in [4.69, 9.17) is 9.57 Å². The Morgan fingerprint density at radius 3 is 2.77 bits per heavy atom.